The van der Waals surface area contributed by atoms with Crippen LogP contribution >= 0.6 is 0 Å². The summed E-state index contributed by atoms with van der Waals surface area (Å²) in [6.45, 7) is 3.89. The summed E-state index contributed by atoms with van der Waals surface area (Å²) < 4.78 is 0. The van der Waals surface area contributed by atoms with Crippen molar-refractivity contribution in [3.05, 3.63) is 0 Å². The summed E-state index contributed by atoms with van der Waals surface area (Å²) in [6, 6.07) is 0.927. The molecule has 0 aromatic heterocycles. The number of fused-ring (bicyclic) bond motifs is 1. The van der Waals surface area contributed by atoms with Gasteiger partial charge in [0.05, 0.1) is 0 Å². The van der Waals surface area contributed by atoms with Gasteiger partial charge in [0.1, 0.15) is 0 Å². The lowest BCUT2D eigenvalue weighted by molar-refractivity contribution is 0.0759. The lowest BCUT2D eigenvalue weighted by Gasteiger charge is -2.43. The van der Waals surface area contributed by atoms with Gasteiger partial charge < -0.3 is 4.90 Å². The largest absolute Gasteiger partial charge is 0.303 e. The van der Waals surface area contributed by atoms with E-state index < -0.39 is 0 Å². The highest BCUT2D eigenvalue weighted by atomic mass is 15.1. The highest BCUT2D eigenvalue weighted by molar-refractivity contribution is 4.97. The predicted octanol–water partition coefficient (Wildman–Crippen LogP) is 2.37. The molecule has 1 nitrogen and oxygen atoms in total. The molecule has 0 radical (unpaired) electrons. The Morgan fingerprint density at radius 2 is 1.77 bits per heavy atom. The van der Waals surface area contributed by atoms with Gasteiger partial charge in [0.2, 0.25) is 0 Å². The molecule has 2 aliphatic heterocycles. The van der Waals surface area contributed by atoms with Crippen LogP contribution in [0.5, 0.6) is 0 Å². The minimum atomic E-state index is 0.927. The topological polar surface area (TPSA) is 3.24 Å². The van der Waals surface area contributed by atoms with Crippen molar-refractivity contribution in [3.8, 4) is 0 Å². The Morgan fingerprint density at radius 1 is 1.00 bits per heavy atom. The van der Waals surface area contributed by atoms with Crippen LogP contribution < -0.4 is 0 Å². The van der Waals surface area contributed by atoms with Crippen LogP contribution in [0.15, 0.2) is 0 Å². The van der Waals surface area contributed by atoms with Gasteiger partial charge in [-0.15, -0.1) is 0 Å². The lowest BCUT2D eigenvalue weighted by Crippen LogP contribution is -2.42. The molecule has 5 unspecified atom stereocenters. The summed E-state index contributed by atoms with van der Waals surface area (Å²) in [6.07, 6.45) is 6.15. The van der Waals surface area contributed by atoms with Crippen molar-refractivity contribution >= 4 is 0 Å². The molecule has 0 spiro atoms. The Kier molecular flexibility index (Phi) is 1.74. The third-order valence-electron chi connectivity index (χ3n) is 4.98. The molecule has 2 heterocycles. The van der Waals surface area contributed by atoms with E-state index in [2.05, 4.69) is 18.9 Å². The second-order valence-electron chi connectivity index (χ2n) is 5.80. The first-order chi connectivity index (χ1) is 6.24. The summed E-state index contributed by atoms with van der Waals surface area (Å²) in [5, 5.41) is 0. The second kappa shape index (κ2) is 2.73. The molecule has 1 heteroatoms. The summed E-state index contributed by atoms with van der Waals surface area (Å²) in [4.78, 5) is 2.66. The normalized spacial score (nSPS) is 55.4. The van der Waals surface area contributed by atoms with Crippen molar-refractivity contribution in [1.82, 2.24) is 4.90 Å². The minimum absolute atomic E-state index is 0.927. The van der Waals surface area contributed by atoms with Gasteiger partial charge in [0.15, 0.2) is 0 Å². The molecule has 0 aromatic rings. The fourth-order valence-electron chi connectivity index (χ4n) is 4.38. The maximum Gasteiger partial charge on any atom is 0.0123 e. The molecule has 0 aromatic carbocycles. The molecule has 4 aliphatic rings. The molecule has 2 aliphatic carbocycles. The van der Waals surface area contributed by atoms with Gasteiger partial charge in [-0.2, -0.15) is 0 Å². The molecule has 2 saturated carbocycles. The zero-order chi connectivity index (χ0) is 9.00. The van der Waals surface area contributed by atoms with Crippen molar-refractivity contribution in [2.24, 2.45) is 23.7 Å². The summed E-state index contributed by atoms with van der Waals surface area (Å²) in [5.74, 6) is 4.19. The van der Waals surface area contributed by atoms with Gasteiger partial charge in [0.25, 0.3) is 0 Å². The Balaban J connectivity index is 1.94. The quantitative estimate of drug-likeness (QED) is 0.552. The third-order valence-corrected chi connectivity index (χ3v) is 4.98. The first-order valence-electron chi connectivity index (χ1n) is 5.94. The molecule has 74 valence electrons. The highest BCUT2D eigenvalue weighted by Crippen LogP contribution is 2.49. The molecular weight excluding hydrogens is 158 g/mol. The number of nitrogens with zero attached hydrogens (tertiary/aromatic N) is 1. The van der Waals surface area contributed by atoms with Crippen molar-refractivity contribution < 1.29 is 0 Å². The van der Waals surface area contributed by atoms with Gasteiger partial charge in [0, 0.05) is 12.6 Å². The van der Waals surface area contributed by atoms with Gasteiger partial charge in [-0.25, -0.2) is 0 Å². The van der Waals surface area contributed by atoms with Crippen LogP contribution in [-0.4, -0.2) is 24.5 Å². The van der Waals surface area contributed by atoms with Crippen LogP contribution in [0, 0.1) is 23.7 Å². The van der Waals surface area contributed by atoms with E-state index in [4.69, 9.17) is 0 Å². The number of rotatable bonds is 0. The van der Waals surface area contributed by atoms with Gasteiger partial charge in [-0.05, 0) is 56.4 Å². The maximum atomic E-state index is 2.66. The molecule has 0 amide bonds. The van der Waals surface area contributed by atoms with E-state index in [0.717, 1.165) is 29.7 Å². The van der Waals surface area contributed by atoms with Crippen LogP contribution in [0.2, 0.25) is 0 Å². The number of hydrogen-bond donors (Lipinski definition) is 0. The zero-order valence-electron chi connectivity index (χ0n) is 8.87. The van der Waals surface area contributed by atoms with Crippen molar-refractivity contribution in [2.45, 2.75) is 38.6 Å². The molecule has 13 heavy (non-hydrogen) atoms. The monoisotopic (exact) mass is 179 g/mol. The highest BCUT2D eigenvalue weighted by Gasteiger charge is 2.45. The summed E-state index contributed by atoms with van der Waals surface area (Å²) >= 11 is 0. The predicted molar refractivity (Wildman–Crippen MR) is 54.5 cm³/mol. The van der Waals surface area contributed by atoms with Crippen molar-refractivity contribution in [1.29, 1.82) is 0 Å². The van der Waals surface area contributed by atoms with E-state index in [1.54, 1.807) is 19.3 Å². The Bertz CT molecular complexity index is 209. The van der Waals surface area contributed by atoms with E-state index in [-0.39, 0.29) is 0 Å². The second-order valence-corrected chi connectivity index (χ2v) is 5.80. The van der Waals surface area contributed by atoms with E-state index >= 15 is 0 Å². The third kappa shape index (κ3) is 1.16. The van der Waals surface area contributed by atoms with E-state index in [0.29, 0.717) is 0 Å². The molecule has 4 fully saturated rings. The Hall–Kier alpha value is -0.0400. The molecule has 4 bridgehead atoms. The molecule has 0 N–H and O–H groups in total. The maximum absolute atomic E-state index is 2.66. The molecule has 4 rings (SSSR count). The van der Waals surface area contributed by atoms with E-state index in [9.17, 15) is 0 Å². The van der Waals surface area contributed by atoms with E-state index in [1.807, 2.05) is 0 Å². The molecule has 5 atom stereocenters. The van der Waals surface area contributed by atoms with Gasteiger partial charge in [-0.1, -0.05) is 6.92 Å². The van der Waals surface area contributed by atoms with Crippen LogP contribution in [0.4, 0.5) is 0 Å². The lowest BCUT2D eigenvalue weighted by atomic mass is 9.64. The van der Waals surface area contributed by atoms with Gasteiger partial charge >= 0.3 is 0 Å². The average molecular weight is 179 g/mol. The smallest absolute Gasteiger partial charge is 0.0123 e. The van der Waals surface area contributed by atoms with Crippen molar-refractivity contribution in [3.63, 3.8) is 0 Å². The fourth-order valence-corrected chi connectivity index (χ4v) is 4.38. The van der Waals surface area contributed by atoms with Crippen LogP contribution in [-0.2, 0) is 0 Å². The summed E-state index contributed by atoms with van der Waals surface area (Å²) in [7, 11) is 2.35. The SMILES string of the molecule is CC1C2CC3CC(C2)CN(C)C1C3. The molecule has 2 saturated heterocycles. The van der Waals surface area contributed by atoms with Crippen LogP contribution in [0.3, 0.4) is 0 Å². The van der Waals surface area contributed by atoms with Crippen LogP contribution in [0.25, 0.3) is 0 Å². The number of hydrogen-bond acceptors (Lipinski definition) is 1. The first kappa shape index (κ1) is 8.28. The average Bonchev–Trinajstić information content (AvgIpc) is 2.24. The standard InChI is InChI=1S/C12H21N/c1-8-11-4-9-3-10(5-11)7-13(2)12(8)6-9/h8-12H,3-7H2,1-2H3. The fraction of sp³-hybridized carbons (Fsp3) is 1.00. The first-order valence-corrected chi connectivity index (χ1v) is 5.94. The minimum Gasteiger partial charge on any atom is -0.303 e. The van der Waals surface area contributed by atoms with Gasteiger partial charge in [-0.3, -0.25) is 0 Å². The van der Waals surface area contributed by atoms with Crippen molar-refractivity contribution in [2.75, 3.05) is 13.6 Å². The van der Waals surface area contributed by atoms with E-state index in [1.165, 1.54) is 13.0 Å². The zero-order valence-corrected chi connectivity index (χ0v) is 8.87. The summed E-state index contributed by atoms with van der Waals surface area (Å²) in [5.41, 5.74) is 0. The molecular formula is C12H21N. The Morgan fingerprint density at radius 3 is 2.62 bits per heavy atom. The van der Waals surface area contributed by atoms with Crippen LogP contribution in [0.1, 0.15) is 32.6 Å². The Labute approximate surface area is 81.5 Å².